The molecule has 0 bridgehead atoms. The van der Waals surface area contributed by atoms with Crippen LogP contribution >= 0.6 is 34.7 Å². The number of hydrogen-bond donors (Lipinski definition) is 1. The van der Waals surface area contributed by atoms with Gasteiger partial charge in [0, 0.05) is 23.6 Å². The van der Waals surface area contributed by atoms with E-state index in [9.17, 15) is 19.7 Å². The van der Waals surface area contributed by atoms with E-state index in [0.29, 0.717) is 15.4 Å². The molecular weight excluding hydrogens is 460 g/mol. The van der Waals surface area contributed by atoms with Crippen LogP contribution in [-0.4, -0.2) is 25.6 Å². The lowest BCUT2D eigenvalue weighted by molar-refractivity contribution is -0.384. The number of fused-ring (bicyclic) bond motifs is 1. The molecule has 2 aromatic heterocycles. The van der Waals surface area contributed by atoms with Crippen molar-refractivity contribution in [3.05, 3.63) is 66.8 Å². The minimum absolute atomic E-state index is 0.0624. The second-order valence-electron chi connectivity index (χ2n) is 6.73. The molecule has 3 aromatic rings. The molecule has 1 atom stereocenters. The molecule has 0 aliphatic carbocycles. The number of aryl methyl sites for hydroxylation is 2. The Morgan fingerprint density at radius 3 is 2.81 bits per heavy atom. The molecule has 0 saturated carbocycles. The third-order valence-corrected chi connectivity index (χ3v) is 7.14. The van der Waals surface area contributed by atoms with Crippen molar-refractivity contribution in [2.45, 2.75) is 37.7 Å². The molecule has 8 nitrogen and oxygen atoms in total. The third-order valence-electron chi connectivity index (χ3n) is 4.64. The molecule has 0 fully saturated rings. The molecule has 2 heterocycles. The predicted molar refractivity (Wildman–Crippen MR) is 126 cm³/mol. The zero-order valence-corrected chi connectivity index (χ0v) is 19.4. The summed E-state index contributed by atoms with van der Waals surface area (Å²) in [6.07, 6.45) is 1.61. The lowest BCUT2D eigenvalue weighted by Gasteiger charge is -2.15. The minimum Gasteiger partial charge on any atom is -0.324 e. The first kappa shape index (κ1) is 23.0. The van der Waals surface area contributed by atoms with Crippen LogP contribution in [0.25, 0.3) is 10.2 Å². The number of hydrogen-bond acceptors (Lipinski definition) is 7. The summed E-state index contributed by atoms with van der Waals surface area (Å²) >= 11 is 8.64. The van der Waals surface area contributed by atoms with E-state index in [2.05, 4.69) is 16.9 Å². The Hall–Kier alpha value is -2.69. The van der Waals surface area contributed by atoms with E-state index in [-0.39, 0.29) is 34.4 Å². The summed E-state index contributed by atoms with van der Waals surface area (Å²) in [5.41, 5.74) is 0.838. The summed E-state index contributed by atoms with van der Waals surface area (Å²) in [4.78, 5) is 42.3. The molecule has 0 aliphatic rings. The van der Waals surface area contributed by atoms with Crippen LogP contribution in [0.5, 0.6) is 0 Å². The van der Waals surface area contributed by atoms with Crippen molar-refractivity contribution in [2.24, 2.45) is 0 Å². The molecule has 1 unspecified atom stereocenters. The second kappa shape index (κ2) is 9.21. The predicted octanol–water partition coefficient (Wildman–Crippen LogP) is 4.94. The van der Waals surface area contributed by atoms with Gasteiger partial charge in [-0.3, -0.25) is 24.3 Å². The normalized spacial score (nSPS) is 12.0. The summed E-state index contributed by atoms with van der Waals surface area (Å²) in [7, 11) is 0. The smallest absolute Gasteiger partial charge is 0.271 e. The van der Waals surface area contributed by atoms with E-state index < -0.39 is 10.2 Å². The zero-order chi connectivity index (χ0) is 22.9. The van der Waals surface area contributed by atoms with Crippen LogP contribution < -0.4 is 10.9 Å². The van der Waals surface area contributed by atoms with Gasteiger partial charge in [0.25, 0.3) is 11.2 Å². The van der Waals surface area contributed by atoms with Crippen molar-refractivity contribution in [2.75, 3.05) is 5.32 Å². The second-order valence-corrected chi connectivity index (χ2v) is 9.65. The van der Waals surface area contributed by atoms with Gasteiger partial charge in [0.05, 0.1) is 26.3 Å². The summed E-state index contributed by atoms with van der Waals surface area (Å²) in [6, 6.07) is 3.82. The topological polar surface area (TPSA) is 107 Å². The SMILES string of the molecule is C=CCn1c(SC(C)C(=O)Nc2ccc([N+](=O)[O-])cc2Cl)nc2sc(C)c(C)c2c1=O. The Morgan fingerprint density at radius 2 is 2.19 bits per heavy atom. The van der Waals surface area contributed by atoms with Gasteiger partial charge in [-0.2, -0.15) is 0 Å². The number of thioether (sulfide) groups is 1. The van der Waals surface area contributed by atoms with E-state index in [1.807, 2.05) is 13.8 Å². The maximum absolute atomic E-state index is 13.0. The van der Waals surface area contributed by atoms with Crippen LogP contribution in [0, 0.1) is 24.0 Å². The Kier molecular flexibility index (Phi) is 6.83. The van der Waals surface area contributed by atoms with Crippen molar-refractivity contribution in [1.82, 2.24) is 9.55 Å². The van der Waals surface area contributed by atoms with Crippen LogP contribution in [0.15, 0.2) is 40.8 Å². The van der Waals surface area contributed by atoms with Crippen molar-refractivity contribution in [3.8, 4) is 0 Å². The number of nitro benzene ring substituents is 1. The highest BCUT2D eigenvalue weighted by Gasteiger charge is 2.22. The van der Waals surface area contributed by atoms with E-state index >= 15 is 0 Å². The van der Waals surface area contributed by atoms with Gasteiger partial charge >= 0.3 is 0 Å². The summed E-state index contributed by atoms with van der Waals surface area (Å²) in [5.74, 6) is -0.376. The quantitative estimate of drug-likeness (QED) is 0.169. The van der Waals surface area contributed by atoms with Gasteiger partial charge in [0.2, 0.25) is 5.91 Å². The van der Waals surface area contributed by atoms with Crippen molar-refractivity contribution >= 4 is 62.2 Å². The lowest BCUT2D eigenvalue weighted by atomic mass is 10.2. The standard InChI is InChI=1S/C20H19ClN4O4S2/c1-5-8-24-19(27)16-10(2)11(3)30-18(16)23-20(24)31-12(4)17(26)22-15-7-6-13(25(28)29)9-14(15)21/h5-7,9,12H,1,8H2,2-4H3,(H,22,26). The number of non-ortho nitro benzene ring substituents is 1. The van der Waals surface area contributed by atoms with Gasteiger partial charge in [-0.05, 0) is 32.4 Å². The number of nitro groups is 1. The van der Waals surface area contributed by atoms with Gasteiger partial charge < -0.3 is 5.32 Å². The van der Waals surface area contributed by atoms with E-state index in [4.69, 9.17) is 11.6 Å². The molecule has 3 rings (SSSR count). The molecule has 0 aliphatic heterocycles. The summed E-state index contributed by atoms with van der Waals surface area (Å²) < 4.78 is 1.50. The summed E-state index contributed by atoms with van der Waals surface area (Å²) in [6.45, 7) is 9.49. The van der Waals surface area contributed by atoms with Crippen molar-refractivity contribution in [3.63, 3.8) is 0 Å². The van der Waals surface area contributed by atoms with Crippen molar-refractivity contribution in [1.29, 1.82) is 0 Å². The zero-order valence-electron chi connectivity index (χ0n) is 17.0. The fraction of sp³-hybridized carbons (Fsp3) is 0.250. The molecule has 0 radical (unpaired) electrons. The number of carbonyl (C=O) groups is 1. The minimum atomic E-state index is -0.617. The number of nitrogens with one attached hydrogen (secondary N) is 1. The van der Waals surface area contributed by atoms with Gasteiger partial charge in [0.1, 0.15) is 4.83 Å². The number of aromatic nitrogens is 2. The number of amides is 1. The monoisotopic (exact) mass is 478 g/mol. The van der Waals surface area contributed by atoms with E-state index in [0.717, 1.165) is 22.2 Å². The number of anilines is 1. The number of nitrogens with zero attached hydrogens (tertiary/aromatic N) is 3. The van der Waals surface area contributed by atoms with Crippen LogP contribution in [0.2, 0.25) is 5.02 Å². The van der Waals surface area contributed by atoms with Crippen LogP contribution in [0.4, 0.5) is 11.4 Å². The Labute approximate surface area is 191 Å². The average Bonchev–Trinajstić information content (AvgIpc) is 2.99. The number of benzene rings is 1. The maximum Gasteiger partial charge on any atom is 0.271 e. The van der Waals surface area contributed by atoms with E-state index in [1.54, 1.807) is 13.0 Å². The highest BCUT2D eigenvalue weighted by Crippen LogP contribution is 2.31. The van der Waals surface area contributed by atoms with Gasteiger partial charge in [-0.25, -0.2) is 4.98 Å². The van der Waals surface area contributed by atoms with Crippen LogP contribution in [0.1, 0.15) is 17.4 Å². The third kappa shape index (κ3) is 4.65. The van der Waals surface area contributed by atoms with E-state index in [1.165, 1.54) is 34.1 Å². The maximum atomic E-state index is 13.0. The molecule has 0 saturated heterocycles. The molecule has 0 spiro atoms. The molecule has 1 N–H and O–H groups in total. The first-order valence-electron chi connectivity index (χ1n) is 9.17. The number of thiophene rings is 1. The summed E-state index contributed by atoms with van der Waals surface area (Å²) in [5, 5.41) is 14.0. The molecule has 11 heteroatoms. The number of rotatable bonds is 7. The number of halogens is 1. The van der Waals surface area contributed by atoms with Gasteiger partial charge in [-0.1, -0.05) is 29.4 Å². The Bertz CT molecular complexity index is 1270. The van der Waals surface area contributed by atoms with Gasteiger partial charge in [0.15, 0.2) is 5.16 Å². The Morgan fingerprint density at radius 1 is 1.48 bits per heavy atom. The van der Waals surface area contributed by atoms with Crippen molar-refractivity contribution < 1.29 is 9.72 Å². The first-order chi connectivity index (χ1) is 14.6. The molecule has 1 aromatic carbocycles. The lowest BCUT2D eigenvalue weighted by Crippen LogP contribution is -2.26. The average molecular weight is 479 g/mol. The molecular formula is C20H19ClN4O4S2. The van der Waals surface area contributed by atoms with Gasteiger partial charge in [-0.15, -0.1) is 17.9 Å². The molecule has 162 valence electrons. The molecule has 31 heavy (non-hydrogen) atoms. The fourth-order valence-corrected chi connectivity index (χ4v) is 5.06. The van der Waals surface area contributed by atoms with Crippen LogP contribution in [0.3, 0.4) is 0 Å². The highest BCUT2D eigenvalue weighted by molar-refractivity contribution is 8.00. The number of carbonyl (C=O) groups excluding carboxylic acids is 1. The fourth-order valence-electron chi connectivity index (χ4n) is 2.85. The largest absolute Gasteiger partial charge is 0.324 e. The molecule has 1 amide bonds. The highest BCUT2D eigenvalue weighted by atomic mass is 35.5. The number of allylic oxidation sites excluding steroid dienone is 1. The first-order valence-corrected chi connectivity index (χ1v) is 11.2. The van der Waals surface area contributed by atoms with Crippen LogP contribution in [-0.2, 0) is 11.3 Å². The Balaban J connectivity index is 1.88.